The van der Waals surface area contributed by atoms with Gasteiger partial charge in [0.2, 0.25) is 5.91 Å². The number of nitrogens with zero attached hydrogens (tertiary/aromatic N) is 3. The van der Waals surface area contributed by atoms with Gasteiger partial charge in [-0.25, -0.2) is 0 Å². The Balaban J connectivity index is 1.44. The third-order valence-corrected chi connectivity index (χ3v) is 5.71. The Bertz CT molecular complexity index is 1060. The number of benzene rings is 2. The highest BCUT2D eigenvalue weighted by molar-refractivity contribution is 6.30. The van der Waals surface area contributed by atoms with Crippen LogP contribution in [0.2, 0.25) is 5.02 Å². The summed E-state index contributed by atoms with van der Waals surface area (Å²) in [4.78, 5) is 14.3. The van der Waals surface area contributed by atoms with Crippen LogP contribution in [-0.2, 0) is 11.8 Å². The topological polar surface area (TPSA) is 67.6 Å². The maximum absolute atomic E-state index is 12.6. The Labute approximate surface area is 167 Å². The average Bonchev–Trinajstić information content (AvgIpc) is 3.34. The fourth-order valence-electron chi connectivity index (χ4n) is 3.92. The molecule has 28 heavy (non-hydrogen) atoms. The van der Waals surface area contributed by atoms with E-state index in [4.69, 9.17) is 16.3 Å². The van der Waals surface area contributed by atoms with Crippen LogP contribution in [0, 0.1) is 5.92 Å². The third-order valence-electron chi connectivity index (χ3n) is 5.46. The quantitative estimate of drug-likeness (QED) is 0.733. The number of hydrogen-bond acceptors (Lipinski definition) is 4. The molecule has 0 radical (unpaired) electrons. The lowest BCUT2D eigenvalue weighted by molar-refractivity contribution is -0.142. The van der Waals surface area contributed by atoms with Crippen LogP contribution in [0.4, 0.5) is 0 Å². The minimum Gasteiger partial charge on any atom is -0.457 e. The van der Waals surface area contributed by atoms with Crippen LogP contribution in [-0.4, -0.2) is 44.9 Å². The zero-order valence-corrected chi connectivity index (χ0v) is 16.1. The fourth-order valence-corrected chi connectivity index (χ4v) is 4.04. The van der Waals surface area contributed by atoms with Gasteiger partial charge in [-0.05, 0) is 54.3 Å². The van der Waals surface area contributed by atoms with E-state index in [0.717, 1.165) is 28.6 Å². The van der Waals surface area contributed by atoms with E-state index in [1.807, 2.05) is 37.5 Å². The second-order valence-corrected chi connectivity index (χ2v) is 8.09. The molecule has 0 bridgehead atoms. The molecule has 3 aromatic rings. The first-order chi connectivity index (χ1) is 13.5. The van der Waals surface area contributed by atoms with Crippen molar-refractivity contribution in [2.45, 2.75) is 18.4 Å². The van der Waals surface area contributed by atoms with E-state index in [9.17, 15) is 9.90 Å². The zero-order valence-electron chi connectivity index (χ0n) is 15.4. The molecule has 2 atom stereocenters. The number of likely N-dealkylation sites (tertiary alicyclic amines) is 1. The number of β-amino-alcohol motifs (C(OH)–C–C–N with tert-alkyl or cyclic N) is 1. The number of amides is 1. The number of aliphatic hydroxyl groups excluding tert-OH is 1. The summed E-state index contributed by atoms with van der Waals surface area (Å²) in [6.45, 7) is 0.890. The van der Waals surface area contributed by atoms with Crippen molar-refractivity contribution in [1.82, 2.24) is 14.7 Å². The van der Waals surface area contributed by atoms with Crippen LogP contribution >= 0.6 is 11.6 Å². The number of aromatic nitrogens is 2. The van der Waals surface area contributed by atoms with Crippen molar-refractivity contribution in [2.24, 2.45) is 13.0 Å². The van der Waals surface area contributed by atoms with E-state index in [1.54, 1.807) is 21.7 Å². The van der Waals surface area contributed by atoms with Crippen molar-refractivity contribution >= 4 is 28.4 Å². The summed E-state index contributed by atoms with van der Waals surface area (Å²) in [5.41, 5.74) is 1.95. The van der Waals surface area contributed by atoms with Gasteiger partial charge < -0.3 is 14.7 Å². The lowest BCUT2D eigenvalue weighted by atomic mass is 10.0. The van der Waals surface area contributed by atoms with Crippen molar-refractivity contribution in [3.63, 3.8) is 0 Å². The normalized spacial score (nSPS) is 21.6. The van der Waals surface area contributed by atoms with Crippen molar-refractivity contribution < 1.29 is 14.6 Å². The van der Waals surface area contributed by atoms with E-state index in [-0.39, 0.29) is 23.8 Å². The lowest BCUT2D eigenvalue weighted by Gasteiger charge is -2.36. The van der Waals surface area contributed by atoms with Gasteiger partial charge in [0.05, 0.1) is 11.6 Å². The van der Waals surface area contributed by atoms with Crippen LogP contribution in [0.15, 0.2) is 42.6 Å². The van der Waals surface area contributed by atoms with Crippen molar-refractivity contribution in [3.8, 4) is 11.5 Å². The number of aliphatic hydroxyl groups is 1. The first-order valence-corrected chi connectivity index (χ1v) is 9.73. The fraction of sp³-hybridized carbons (Fsp3) is 0.333. The smallest absolute Gasteiger partial charge is 0.226 e. The van der Waals surface area contributed by atoms with Gasteiger partial charge in [0.15, 0.2) is 0 Å². The highest BCUT2D eigenvalue weighted by Crippen LogP contribution is 2.51. The first kappa shape index (κ1) is 17.5. The van der Waals surface area contributed by atoms with Crippen molar-refractivity contribution in [3.05, 3.63) is 53.2 Å². The molecule has 2 heterocycles. The summed E-state index contributed by atoms with van der Waals surface area (Å²) >= 11 is 5.95. The Hall–Kier alpha value is -2.57. The summed E-state index contributed by atoms with van der Waals surface area (Å²) in [6.07, 6.45) is 2.39. The molecule has 1 saturated heterocycles. The summed E-state index contributed by atoms with van der Waals surface area (Å²) < 4.78 is 7.82. The maximum Gasteiger partial charge on any atom is 0.226 e. The minimum atomic E-state index is -0.375. The molecule has 1 amide bonds. The van der Waals surface area contributed by atoms with E-state index in [2.05, 4.69) is 5.10 Å². The SMILES string of the molecule is Cn1cc2cc(Oc3ccc(Cl)cc3)cc(C3C[C@H]3C(=O)N3CC(O)C3)c2n1. The van der Waals surface area contributed by atoms with Crippen LogP contribution in [0.1, 0.15) is 17.9 Å². The monoisotopic (exact) mass is 397 g/mol. The molecule has 7 heteroatoms. The zero-order chi connectivity index (χ0) is 19.4. The number of halogens is 1. The predicted molar refractivity (Wildman–Crippen MR) is 106 cm³/mol. The van der Waals surface area contributed by atoms with E-state index in [0.29, 0.717) is 23.9 Å². The van der Waals surface area contributed by atoms with Gasteiger partial charge in [0.1, 0.15) is 11.5 Å². The number of carbonyl (C=O) groups is 1. The van der Waals surface area contributed by atoms with Gasteiger partial charge >= 0.3 is 0 Å². The number of rotatable bonds is 4. The Morgan fingerprint density at radius 3 is 2.68 bits per heavy atom. The largest absolute Gasteiger partial charge is 0.457 e. The maximum atomic E-state index is 12.6. The predicted octanol–water partition coefficient (Wildman–Crippen LogP) is 3.33. The number of ether oxygens (including phenoxy) is 1. The highest BCUT2D eigenvalue weighted by Gasteiger charge is 2.48. The molecule has 6 nitrogen and oxygen atoms in total. The van der Waals surface area contributed by atoms with Gasteiger partial charge in [-0.15, -0.1) is 0 Å². The van der Waals surface area contributed by atoms with Crippen molar-refractivity contribution in [1.29, 1.82) is 0 Å². The van der Waals surface area contributed by atoms with Crippen molar-refractivity contribution in [2.75, 3.05) is 13.1 Å². The molecule has 1 aliphatic carbocycles. The molecule has 1 saturated carbocycles. The highest BCUT2D eigenvalue weighted by atomic mass is 35.5. The Kier molecular flexibility index (Phi) is 4.07. The summed E-state index contributed by atoms with van der Waals surface area (Å²) in [5, 5.41) is 15.7. The van der Waals surface area contributed by atoms with Crippen LogP contribution in [0.5, 0.6) is 11.5 Å². The number of carbonyl (C=O) groups excluding carboxylic acids is 1. The summed E-state index contributed by atoms with van der Waals surface area (Å²) in [6, 6.07) is 11.2. The average molecular weight is 398 g/mol. The molecule has 1 unspecified atom stereocenters. The van der Waals surface area contributed by atoms with Gasteiger partial charge in [-0.2, -0.15) is 5.10 Å². The molecule has 1 aliphatic heterocycles. The summed E-state index contributed by atoms with van der Waals surface area (Å²) in [7, 11) is 1.89. The van der Waals surface area contributed by atoms with Gasteiger partial charge in [-0.1, -0.05) is 11.6 Å². The minimum absolute atomic E-state index is 0.0384. The third kappa shape index (κ3) is 3.12. The first-order valence-electron chi connectivity index (χ1n) is 9.35. The molecule has 5 rings (SSSR count). The van der Waals surface area contributed by atoms with Gasteiger partial charge in [-0.3, -0.25) is 9.48 Å². The van der Waals surface area contributed by atoms with Crippen LogP contribution in [0.3, 0.4) is 0 Å². The number of hydrogen-bond donors (Lipinski definition) is 1. The standard InChI is InChI=1S/C21H20ClN3O3/c1-24-9-12-6-16(28-15-4-2-13(22)3-5-15)7-18(20(12)23-24)17-8-19(17)21(27)25-10-14(26)11-25/h2-7,9,14,17,19,26H,8,10-11H2,1H3/t17?,19-/m1/s1. The molecule has 2 aromatic carbocycles. The Morgan fingerprint density at radius 1 is 1.21 bits per heavy atom. The summed E-state index contributed by atoms with van der Waals surface area (Å²) in [5.74, 6) is 1.65. The number of aryl methyl sites for hydroxylation is 1. The van der Waals surface area contributed by atoms with Crippen LogP contribution < -0.4 is 4.74 Å². The van der Waals surface area contributed by atoms with E-state index >= 15 is 0 Å². The number of fused-ring (bicyclic) bond motifs is 1. The second kappa shape index (κ2) is 6.50. The second-order valence-electron chi connectivity index (χ2n) is 7.65. The van der Waals surface area contributed by atoms with E-state index in [1.165, 1.54) is 0 Å². The molecular formula is C21H20ClN3O3. The van der Waals surface area contributed by atoms with Gasteiger partial charge in [0.25, 0.3) is 0 Å². The van der Waals surface area contributed by atoms with Crippen LogP contribution in [0.25, 0.3) is 10.9 Å². The van der Waals surface area contributed by atoms with E-state index < -0.39 is 0 Å². The molecule has 0 spiro atoms. The lowest BCUT2D eigenvalue weighted by Crippen LogP contribution is -2.54. The molecule has 2 aliphatic rings. The molecule has 2 fully saturated rings. The molecule has 1 N–H and O–H groups in total. The molecule has 144 valence electrons. The molecular weight excluding hydrogens is 378 g/mol. The Morgan fingerprint density at radius 2 is 1.96 bits per heavy atom. The van der Waals surface area contributed by atoms with Gasteiger partial charge in [0, 0.05) is 42.7 Å². The molecule has 1 aromatic heterocycles.